The molecule has 33 heavy (non-hydrogen) atoms. The second-order valence-corrected chi connectivity index (χ2v) is 7.79. The molecule has 1 atom stereocenters. The zero-order valence-electron chi connectivity index (χ0n) is 17.8. The quantitative estimate of drug-likeness (QED) is 0.457. The molecule has 1 aromatic heterocycles. The van der Waals surface area contributed by atoms with E-state index in [0.29, 0.717) is 23.0 Å². The number of para-hydroxylation sites is 1. The van der Waals surface area contributed by atoms with Gasteiger partial charge < -0.3 is 14.2 Å². The standard InChI is InChI=1S/C26H19N3O4/c1-16(30)29-26(33-25(28-29)18-11-12-23-24(13-18)32-15-31-23)20-14-22(17-7-3-2-4-8-17)27-21-10-6-5-9-19(20)21/h2-14,26H,15H2,1H3/t26-/m1/s1. The number of pyridine rings is 1. The summed E-state index contributed by atoms with van der Waals surface area (Å²) in [5.74, 6) is 1.41. The van der Waals surface area contributed by atoms with Gasteiger partial charge in [-0.3, -0.25) is 4.79 Å². The van der Waals surface area contributed by atoms with Gasteiger partial charge in [0, 0.05) is 29.0 Å². The summed E-state index contributed by atoms with van der Waals surface area (Å²) in [4.78, 5) is 17.4. The van der Waals surface area contributed by atoms with Crippen molar-refractivity contribution in [3.05, 3.63) is 90.0 Å². The van der Waals surface area contributed by atoms with Gasteiger partial charge >= 0.3 is 0 Å². The third-order valence-corrected chi connectivity index (χ3v) is 5.67. The molecular weight excluding hydrogens is 418 g/mol. The number of hydrazone groups is 1. The third kappa shape index (κ3) is 3.34. The molecule has 3 aromatic carbocycles. The Hall–Kier alpha value is -4.39. The first-order valence-electron chi connectivity index (χ1n) is 10.6. The van der Waals surface area contributed by atoms with E-state index in [-0.39, 0.29) is 12.7 Å². The Morgan fingerprint density at radius 2 is 1.70 bits per heavy atom. The van der Waals surface area contributed by atoms with Crippen LogP contribution in [-0.4, -0.2) is 28.6 Å². The van der Waals surface area contributed by atoms with E-state index < -0.39 is 6.23 Å². The molecule has 0 saturated heterocycles. The zero-order chi connectivity index (χ0) is 22.4. The Bertz CT molecular complexity index is 1420. The van der Waals surface area contributed by atoms with Gasteiger partial charge in [0.2, 0.25) is 24.8 Å². The minimum Gasteiger partial charge on any atom is -0.454 e. The summed E-state index contributed by atoms with van der Waals surface area (Å²) in [5.41, 5.74) is 4.11. The van der Waals surface area contributed by atoms with Gasteiger partial charge in [0.1, 0.15) is 0 Å². The normalized spacial score (nSPS) is 16.6. The average Bonchev–Trinajstić information content (AvgIpc) is 3.51. The summed E-state index contributed by atoms with van der Waals surface area (Å²) >= 11 is 0. The van der Waals surface area contributed by atoms with Crippen molar-refractivity contribution in [1.82, 2.24) is 9.99 Å². The molecule has 4 aromatic rings. The van der Waals surface area contributed by atoms with Crippen LogP contribution in [0.1, 0.15) is 24.3 Å². The molecular formula is C26H19N3O4. The zero-order valence-corrected chi connectivity index (χ0v) is 17.8. The molecule has 0 fully saturated rings. The Morgan fingerprint density at radius 1 is 0.909 bits per heavy atom. The van der Waals surface area contributed by atoms with Crippen LogP contribution in [0.3, 0.4) is 0 Å². The number of carbonyl (C=O) groups excluding carboxylic acids is 1. The van der Waals surface area contributed by atoms with Gasteiger partial charge in [0.05, 0.1) is 11.2 Å². The highest BCUT2D eigenvalue weighted by molar-refractivity contribution is 5.97. The summed E-state index contributed by atoms with van der Waals surface area (Å²) in [6.07, 6.45) is -0.724. The molecule has 0 spiro atoms. The van der Waals surface area contributed by atoms with E-state index in [2.05, 4.69) is 5.10 Å². The molecule has 0 unspecified atom stereocenters. The molecule has 0 radical (unpaired) electrons. The van der Waals surface area contributed by atoms with Crippen molar-refractivity contribution in [3.8, 4) is 22.8 Å². The summed E-state index contributed by atoms with van der Waals surface area (Å²) in [5, 5.41) is 6.78. The van der Waals surface area contributed by atoms with E-state index in [9.17, 15) is 4.79 Å². The largest absolute Gasteiger partial charge is 0.454 e. The van der Waals surface area contributed by atoms with Gasteiger partial charge in [0.15, 0.2) is 11.5 Å². The van der Waals surface area contributed by atoms with Crippen molar-refractivity contribution in [2.45, 2.75) is 13.2 Å². The Balaban J connectivity index is 1.46. The molecule has 7 nitrogen and oxygen atoms in total. The summed E-state index contributed by atoms with van der Waals surface area (Å²) < 4.78 is 17.2. The van der Waals surface area contributed by atoms with E-state index in [4.69, 9.17) is 19.2 Å². The lowest BCUT2D eigenvalue weighted by Crippen LogP contribution is -2.25. The second-order valence-electron chi connectivity index (χ2n) is 7.79. The summed E-state index contributed by atoms with van der Waals surface area (Å²) in [6.45, 7) is 1.66. The van der Waals surface area contributed by atoms with E-state index in [1.165, 1.54) is 11.9 Å². The van der Waals surface area contributed by atoms with Gasteiger partial charge in [-0.25, -0.2) is 4.98 Å². The minimum absolute atomic E-state index is 0.180. The molecule has 1 amide bonds. The first-order valence-corrected chi connectivity index (χ1v) is 10.6. The molecule has 2 aliphatic rings. The van der Waals surface area contributed by atoms with Crippen molar-refractivity contribution in [2.24, 2.45) is 5.10 Å². The van der Waals surface area contributed by atoms with Crippen LogP contribution in [0.25, 0.3) is 22.2 Å². The van der Waals surface area contributed by atoms with E-state index >= 15 is 0 Å². The van der Waals surface area contributed by atoms with Crippen molar-refractivity contribution in [2.75, 3.05) is 6.79 Å². The maximum Gasteiger partial charge on any atom is 0.243 e. The number of nitrogens with zero attached hydrogens (tertiary/aromatic N) is 3. The summed E-state index contributed by atoms with van der Waals surface area (Å²) in [7, 11) is 0. The van der Waals surface area contributed by atoms with Crippen LogP contribution in [0.5, 0.6) is 11.5 Å². The smallest absolute Gasteiger partial charge is 0.243 e. The molecule has 6 rings (SSSR count). The van der Waals surface area contributed by atoms with Crippen LogP contribution in [0.4, 0.5) is 0 Å². The molecule has 3 heterocycles. The highest BCUT2D eigenvalue weighted by Crippen LogP contribution is 2.38. The Labute approximate surface area is 189 Å². The van der Waals surface area contributed by atoms with Crippen LogP contribution >= 0.6 is 0 Å². The number of ether oxygens (including phenoxy) is 3. The number of hydrogen-bond acceptors (Lipinski definition) is 6. The maximum absolute atomic E-state index is 12.6. The van der Waals surface area contributed by atoms with Gasteiger partial charge in [-0.05, 0) is 30.3 Å². The summed E-state index contributed by atoms with van der Waals surface area (Å²) in [6, 6.07) is 25.2. The van der Waals surface area contributed by atoms with Crippen LogP contribution in [0.2, 0.25) is 0 Å². The molecule has 0 saturated carbocycles. The lowest BCUT2D eigenvalue weighted by Gasteiger charge is -2.21. The molecule has 0 N–H and O–H groups in total. The fourth-order valence-electron chi connectivity index (χ4n) is 4.08. The SMILES string of the molecule is CC(=O)N1N=C(c2ccc3c(c2)OCO3)O[C@@H]1c1cc(-c2ccccc2)nc2ccccc12. The highest BCUT2D eigenvalue weighted by atomic mass is 16.7. The minimum atomic E-state index is -0.724. The fourth-order valence-corrected chi connectivity index (χ4v) is 4.08. The predicted octanol–water partition coefficient (Wildman–Crippen LogP) is 4.87. The molecule has 0 aliphatic carbocycles. The first kappa shape index (κ1) is 19.3. The lowest BCUT2D eigenvalue weighted by atomic mass is 10.0. The number of fused-ring (bicyclic) bond motifs is 2. The topological polar surface area (TPSA) is 73.3 Å². The molecule has 0 bridgehead atoms. The van der Waals surface area contributed by atoms with Gasteiger partial charge in [-0.15, -0.1) is 5.10 Å². The van der Waals surface area contributed by atoms with Crippen molar-refractivity contribution in [1.29, 1.82) is 0 Å². The van der Waals surface area contributed by atoms with Gasteiger partial charge in [-0.2, -0.15) is 5.01 Å². The Kier molecular flexibility index (Phi) is 4.47. The average molecular weight is 437 g/mol. The van der Waals surface area contributed by atoms with Gasteiger partial charge in [-0.1, -0.05) is 48.5 Å². The van der Waals surface area contributed by atoms with Crippen LogP contribution in [-0.2, 0) is 9.53 Å². The number of rotatable bonds is 3. The maximum atomic E-state index is 12.6. The van der Waals surface area contributed by atoms with Gasteiger partial charge in [0.25, 0.3) is 0 Å². The fraction of sp³-hybridized carbons (Fsp3) is 0.115. The number of amides is 1. The third-order valence-electron chi connectivity index (χ3n) is 5.67. The van der Waals surface area contributed by atoms with Crippen LogP contribution < -0.4 is 9.47 Å². The number of aromatic nitrogens is 1. The highest BCUT2D eigenvalue weighted by Gasteiger charge is 2.35. The Morgan fingerprint density at radius 3 is 2.55 bits per heavy atom. The predicted molar refractivity (Wildman–Crippen MR) is 123 cm³/mol. The van der Waals surface area contributed by atoms with Crippen molar-refractivity contribution in [3.63, 3.8) is 0 Å². The molecule has 7 heteroatoms. The lowest BCUT2D eigenvalue weighted by molar-refractivity contribution is -0.135. The van der Waals surface area contributed by atoms with E-state index in [1.807, 2.05) is 78.9 Å². The monoisotopic (exact) mass is 437 g/mol. The number of carbonyl (C=O) groups is 1. The van der Waals surface area contributed by atoms with Crippen LogP contribution in [0, 0.1) is 0 Å². The molecule has 162 valence electrons. The molecule has 2 aliphatic heterocycles. The first-order chi connectivity index (χ1) is 16.2. The second kappa shape index (κ2) is 7.63. The van der Waals surface area contributed by atoms with E-state index in [1.54, 1.807) is 0 Å². The number of benzene rings is 3. The van der Waals surface area contributed by atoms with Crippen molar-refractivity contribution >= 4 is 22.7 Å². The van der Waals surface area contributed by atoms with Crippen molar-refractivity contribution < 1.29 is 19.0 Å². The number of hydrogen-bond donors (Lipinski definition) is 0. The van der Waals surface area contributed by atoms with Crippen LogP contribution in [0.15, 0.2) is 84.0 Å². The van der Waals surface area contributed by atoms with E-state index in [0.717, 1.165) is 27.7 Å².